The van der Waals surface area contributed by atoms with Gasteiger partial charge in [0.1, 0.15) is 0 Å². The SMILES string of the molecule is Cl.S.[InH3].[NaH]. The Kier molecular flexibility index (Phi) is 140. The molecule has 4 heteroatoms. The molecule has 0 nitrogen and oxygen atoms in total. The summed E-state index contributed by atoms with van der Waals surface area (Å²) in [6.07, 6.45) is 0. The van der Waals surface area contributed by atoms with Gasteiger partial charge in [0.15, 0.2) is 0 Å². The molecule has 4 heavy (non-hydrogen) atoms. The molecule has 0 aromatic carbocycles. The van der Waals surface area contributed by atoms with E-state index in [0.29, 0.717) is 0 Å². The molecule has 0 bridgehead atoms. The van der Waals surface area contributed by atoms with Crippen LogP contribution in [0.2, 0.25) is 0 Å². The van der Waals surface area contributed by atoms with Crippen molar-refractivity contribution < 1.29 is 0 Å². The Morgan fingerprint density at radius 3 is 1.00 bits per heavy atom. The topological polar surface area (TPSA) is 0 Å². The zero-order valence-electron chi connectivity index (χ0n) is 0.908. The molecule has 0 aromatic heterocycles. The minimum atomic E-state index is 0. The van der Waals surface area contributed by atoms with Gasteiger partial charge in [-0.1, -0.05) is 0 Å². The van der Waals surface area contributed by atoms with Crippen LogP contribution in [-0.2, 0) is 0 Å². The molecular weight excluding hydrogens is 205 g/mol. The minimum absolute atomic E-state index is 0. The van der Waals surface area contributed by atoms with Gasteiger partial charge in [-0.3, -0.25) is 0 Å². The quantitative estimate of drug-likeness (QED) is 0.438. The summed E-state index contributed by atoms with van der Waals surface area (Å²) in [5.41, 5.74) is 0. The summed E-state index contributed by atoms with van der Waals surface area (Å²) in [6.45, 7) is 0. The van der Waals surface area contributed by atoms with E-state index < -0.39 is 0 Å². The van der Waals surface area contributed by atoms with Gasteiger partial charge in [0.25, 0.3) is 0 Å². The van der Waals surface area contributed by atoms with Crippen LogP contribution in [0.5, 0.6) is 0 Å². The summed E-state index contributed by atoms with van der Waals surface area (Å²) < 4.78 is 0. The first-order chi connectivity index (χ1) is 0. The number of hydrogen-bond acceptors (Lipinski definition) is 0. The second kappa shape index (κ2) is 17.8. The van der Waals surface area contributed by atoms with Crippen molar-refractivity contribution in [2.45, 2.75) is 0 Å². The zero-order valence-corrected chi connectivity index (χ0v) is 2.72. The average Bonchev–Trinajstić information content (AvgIpc) is 0. The van der Waals surface area contributed by atoms with Crippen LogP contribution in [-0.4, -0.2) is 55.4 Å². The Labute approximate surface area is 80.0 Å². The molecule has 0 N–H and O–H groups in total. The first-order valence-electron chi connectivity index (χ1n) is 0. The fourth-order valence-corrected chi connectivity index (χ4v) is 0. The van der Waals surface area contributed by atoms with Crippen molar-refractivity contribution in [2.75, 3.05) is 0 Å². The van der Waals surface area contributed by atoms with Gasteiger partial charge < -0.3 is 0 Å². The molecule has 0 fully saturated rings. The van der Waals surface area contributed by atoms with Crippen LogP contribution in [0.4, 0.5) is 0 Å². The Morgan fingerprint density at radius 2 is 1.00 bits per heavy atom. The maximum atomic E-state index is 0. The van der Waals surface area contributed by atoms with Gasteiger partial charge in [0.05, 0.1) is 0 Å². The van der Waals surface area contributed by atoms with E-state index >= 15 is 0 Å². The number of hydrogen-bond donors (Lipinski definition) is 0. The molecule has 0 aliphatic carbocycles. The third kappa shape index (κ3) is 8.82. The van der Waals surface area contributed by atoms with E-state index in [2.05, 4.69) is 0 Å². The summed E-state index contributed by atoms with van der Waals surface area (Å²) in [4.78, 5) is 0. The van der Waals surface area contributed by atoms with E-state index in [1.807, 2.05) is 0 Å². The van der Waals surface area contributed by atoms with E-state index in [0.717, 1.165) is 0 Å². The van der Waals surface area contributed by atoms with Crippen LogP contribution in [0.25, 0.3) is 0 Å². The molecule has 0 rings (SSSR count). The second-order valence-corrected chi connectivity index (χ2v) is 0. The van der Waals surface area contributed by atoms with Crippen LogP contribution in [0.15, 0.2) is 0 Å². The first kappa shape index (κ1) is 31.4. The Bertz CT molecular complexity index is 8.00. The molecule has 0 radical (unpaired) electrons. The molecule has 0 amide bonds. The predicted octanol–water partition coefficient (Wildman–Crippen LogP) is -1.30. The number of halogens is 1. The molecule has 0 spiro atoms. The van der Waals surface area contributed by atoms with Crippen molar-refractivity contribution >= 4 is 81.3 Å². The summed E-state index contributed by atoms with van der Waals surface area (Å²) in [5.74, 6) is 0. The van der Waals surface area contributed by atoms with Crippen molar-refractivity contribution in [3.05, 3.63) is 0 Å². The second-order valence-electron chi connectivity index (χ2n) is 0. The normalized spacial score (nSPS) is 0. The van der Waals surface area contributed by atoms with Crippen molar-refractivity contribution in [1.82, 2.24) is 0 Å². The van der Waals surface area contributed by atoms with Gasteiger partial charge in [-0.25, -0.2) is 0 Å². The molecule has 0 aliphatic heterocycles. The molecule has 0 aliphatic rings. The van der Waals surface area contributed by atoms with Crippen LogP contribution < -0.4 is 0 Å². The van der Waals surface area contributed by atoms with Gasteiger partial charge >= 0.3 is 55.4 Å². The van der Waals surface area contributed by atoms with E-state index in [4.69, 9.17) is 0 Å². The first-order valence-corrected chi connectivity index (χ1v) is 0. The maximum absolute atomic E-state index is 0. The number of rotatable bonds is 0. The molecule has 24 valence electrons. The third-order valence-electron chi connectivity index (χ3n) is 0. The van der Waals surface area contributed by atoms with E-state index in [1.54, 1.807) is 0 Å². The van der Waals surface area contributed by atoms with Gasteiger partial charge in [-0.05, 0) is 0 Å². The third-order valence-corrected chi connectivity index (χ3v) is 0. The summed E-state index contributed by atoms with van der Waals surface area (Å²) in [7, 11) is 0. The molecule has 0 saturated carbocycles. The Morgan fingerprint density at radius 1 is 1.00 bits per heavy atom. The van der Waals surface area contributed by atoms with Crippen molar-refractivity contribution in [3.63, 3.8) is 0 Å². The molecule has 0 aromatic rings. The molecular formula is H7ClInNaS. The Hall–Kier alpha value is 2.51. The van der Waals surface area contributed by atoms with E-state index in [9.17, 15) is 0 Å². The van der Waals surface area contributed by atoms with Gasteiger partial charge in [0.2, 0.25) is 0 Å². The summed E-state index contributed by atoms with van der Waals surface area (Å²) in [6, 6.07) is 0. The van der Waals surface area contributed by atoms with Crippen LogP contribution in [0, 0.1) is 0 Å². The van der Waals surface area contributed by atoms with Crippen LogP contribution in [0.3, 0.4) is 0 Å². The van der Waals surface area contributed by atoms with Gasteiger partial charge in [-0.2, -0.15) is 13.5 Å². The van der Waals surface area contributed by atoms with Crippen LogP contribution >= 0.6 is 25.9 Å². The monoisotopic (exact) mass is 212 g/mol. The predicted molar refractivity (Wildman–Crippen MR) is 34.7 cm³/mol. The molecule has 0 saturated heterocycles. The van der Waals surface area contributed by atoms with Gasteiger partial charge in [0, 0.05) is 0 Å². The zero-order chi connectivity index (χ0) is 0. The fraction of sp³-hybridized carbons (Fsp3) is 0. The molecule has 0 unspecified atom stereocenters. The Balaban J connectivity index is 0. The van der Waals surface area contributed by atoms with Crippen molar-refractivity contribution in [1.29, 1.82) is 0 Å². The van der Waals surface area contributed by atoms with Crippen molar-refractivity contribution in [3.8, 4) is 0 Å². The molecule has 0 heterocycles. The average molecular weight is 212 g/mol. The summed E-state index contributed by atoms with van der Waals surface area (Å²) in [5, 5.41) is 0. The van der Waals surface area contributed by atoms with E-state index in [-0.39, 0.29) is 81.3 Å². The van der Waals surface area contributed by atoms with Crippen LogP contribution in [0.1, 0.15) is 0 Å². The van der Waals surface area contributed by atoms with Gasteiger partial charge in [-0.15, -0.1) is 12.4 Å². The van der Waals surface area contributed by atoms with Crippen molar-refractivity contribution in [2.24, 2.45) is 0 Å². The summed E-state index contributed by atoms with van der Waals surface area (Å²) >= 11 is 0. The van der Waals surface area contributed by atoms with E-state index in [1.165, 1.54) is 0 Å². The molecule has 0 atom stereocenters. The fourth-order valence-electron chi connectivity index (χ4n) is 0. The standard InChI is InChI=1S/ClH.In.Na.H2S.4H/h1H;;;1H2;;;;.